The molecule has 1 aromatic carbocycles. The number of nitrogens with zero attached hydrogens (tertiary/aromatic N) is 2. The Bertz CT molecular complexity index is 524. The molecule has 1 atom stereocenters. The maximum absolute atomic E-state index is 12.5. The van der Waals surface area contributed by atoms with Crippen molar-refractivity contribution < 1.29 is 4.79 Å². The lowest BCUT2D eigenvalue weighted by atomic mass is 10.1. The molecule has 0 fully saturated rings. The van der Waals surface area contributed by atoms with Crippen molar-refractivity contribution in [3.63, 3.8) is 0 Å². The average molecular weight is 286 g/mol. The molecule has 1 amide bonds. The maximum Gasteiger partial charge on any atom is 0.249 e. The first kappa shape index (κ1) is 15.3. The first-order valence-corrected chi connectivity index (χ1v) is 7.35. The van der Waals surface area contributed by atoms with Gasteiger partial charge in [0, 0.05) is 25.5 Å². The lowest BCUT2D eigenvalue weighted by molar-refractivity contribution is -0.123. The Balaban J connectivity index is 2.01. The molecule has 0 radical (unpaired) electrons. The van der Waals surface area contributed by atoms with Gasteiger partial charge in [-0.3, -0.25) is 9.48 Å². The van der Waals surface area contributed by atoms with Crippen LogP contribution in [0.1, 0.15) is 24.9 Å². The number of amides is 1. The summed E-state index contributed by atoms with van der Waals surface area (Å²) < 4.78 is 1.68. The summed E-state index contributed by atoms with van der Waals surface area (Å²) in [5.41, 5.74) is 0.931. The number of hydrogen-bond donors (Lipinski definition) is 2. The number of carbonyl (C=O) groups is 1. The normalized spacial score (nSPS) is 12.0. The van der Waals surface area contributed by atoms with Gasteiger partial charge in [-0.05, 0) is 24.6 Å². The molecule has 1 heterocycles. The fourth-order valence-corrected chi connectivity index (χ4v) is 2.17. The zero-order valence-corrected chi connectivity index (χ0v) is 12.3. The van der Waals surface area contributed by atoms with E-state index in [1.165, 1.54) is 0 Å². The number of benzene rings is 1. The molecule has 0 saturated heterocycles. The first-order chi connectivity index (χ1) is 10.3. The van der Waals surface area contributed by atoms with Crippen molar-refractivity contribution in [3.05, 3.63) is 54.4 Å². The van der Waals surface area contributed by atoms with Crippen LogP contribution in [0.25, 0.3) is 0 Å². The Kier molecular flexibility index (Phi) is 5.97. The van der Waals surface area contributed by atoms with E-state index in [4.69, 9.17) is 0 Å². The highest BCUT2D eigenvalue weighted by Gasteiger charge is 2.22. The molecule has 2 rings (SSSR count). The van der Waals surface area contributed by atoms with Crippen molar-refractivity contribution in [2.24, 2.45) is 0 Å². The summed E-state index contributed by atoms with van der Waals surface area (Å²) in [4.78, 5) is 12.5. The zero-order chi connectivity index (χ0) is 14.9. The van der Waals surface area contributed by atoms with Crippen LogP contribution >= 0.6 is 0 Å². The van der Waals surface area contributed by atoms with Gasteiger partial charge in [-0.1, -0.05) is 37.3 Å². The molecular formula is C16H22N4O. The number of hydrogen-bond acceptors (Lipinski definition) is 3. The summed E-state index contributed by atoms with van der Waals surface area (Å²) in [6.07, 6.45) is 4.59. The van der Waals surface area contributed by atoms with Crippen LogP contribution in [0.2, 0.25) is 0 Å². The summed E-state index contributed by atoms with van der Waals surface area (Å²) in [7, 11) is 0. The second kappa shape index (κ2) is 8.21. The molecule has 1 aromatic heterocycles. The Morgan fingerprint density at radius 3 is 2.67 bits per heavy atom. The molecule has 5 heteroatoms. The van der Waals surface area contributed by atoms with E-state index in [2.05, 4.69) is 22.7 Å². The molecule has 112 valence electrons. The van der Waals surface area contributed by atoms with Gasteiger partial charge in [0.25, 0.3) is 0 Å². The van der Waals surface area contributed by atoms with Crippen LogP contribution in [0.4, 0.5) is 0 Å². The van der Waals surface area contributed by atoms with Crippen LogP contribution in [0.15, 0.2) is 48.8 Å². The van der Waals surface area contributed by atoms with Crippen molar-refractivity contribution in [1.29, 1.82) is 0 Å². The smallest absolute Gasteiger partial charge is 0.249 e. The van der Waals surface area contributed by atoms with Gasteiger partial charge in [-0.25, -0.2) is 0 Å². The largest absolute Gasteiger partial charge is 0.353 e. The number of nitrogens with one attached hydrogen (secondary N) is 2. The predicted molar refractivity (Wildman–Crippen MR) is 83.0 cm³/mol. The second-order valence-corrected chi connectivity index (χ2v) is 4.84. The fraction of sp³-hybridized carbons (Fsp3) is 0.375. The minimum atomic E-state index is -0.424. The minimum Gasteiger partial charge on any atom is -0.353 e. The van der Waals surface area contributed by atoms with Gasteiger partial charge in [-0.15, -0.1) is 0 Å². The topological polar surface area (TPSA) is 58.9 Å². The van der Waals surface area contributed by atoms with E-state index in [1.54, 1.807) is 10.9 Å². The molecule has 0 bridgehead atoms. The van der Waals surface area contributed by atoms with E-state index >= 15 is 0 Å². The summed E-state index contributed by atoms with van der Waals surface area (Å²) >= 11 is 0. The number of aromatic nitrogens is 2. The lowest BCUT2D eigenvalue weighted by Crippen LogP contribution is -2.37. The summed E-state index contributed by atoms with van der Waals surface area (Å²) in [6.45, 7) is 4.48. The van der Waals surface area contributed by atoms with Gasteiger partial charge in [0.1, 0.15) is 0 Å². The Morgan fingerprint density at radius 1 is 1.19 bits per heavy atom. The molecule has 0 spiro atoms. The summed E-state index contributed by atoms with van der Waals surface area (Å²) in [6, 6.07) is 11.1. The van der Waals surface area contributed by atoms with Gasteiger partial charge in [0.05, 0.1) is 0 Å². The van der Waals surface area contributed by atoms with Crippen molar-refractivity contribution in [2.75, 3.05) is 19.6 Å². The Hall–Kier alpha value is -2.14. The standard InChI is InChI=1S/C16H22N4O/c1-2-9-17-11-12-18-16(21)15(20-13-6-10-19-20)14-7-4-3-5-8-14/h3-8,10,13,15,17H,2,9,11-12H2,1H3,(H,18,21). The van der Waals surface area contributed by atoms with Crippen LogP contribution in [0, 0.1) is 0 Å². The van der Waals surface area contributed by atoms with Crippen LogP contribution < -0.4 is 10.6 Å². The minimum absolute atomic E-state index is 0.0387. The quantitative estimate of drug-likeness (QED) is 0.725. The van der Waals surface area contributed by atoms with Crippen LogP contribution in [0.5, 0.6) is 0 Å². The highest BCUT2D eigenvalue weighted by Crippen LogP contribution is 2.17. The van der Waals surface area contributed by atoms with E-state index in [-0.39, 0.29) is 5.91 Å². The first-order valence-electron chi connectivity index (χ1n) is 7.35. The molecule has 0 aliphatic rings. The molecule has 0 saturated carbocycles. The summed E-state index contributed by atoms with van der Waals surface area (Å²) in [5, 5.41) is 10.4. The van der Waals surface area contributed by atoms with E-state index in [9.17, 15) is 4.79 Å². The number of rotatable bonds is 8. The van der Waals surface area contributed by atoms with Crippen molar-refractivity contribution >= 4 is 5.91 Å². The van der Waals surface area contributed by atoms with E-state index in [0.717, 1.165) is 25.1 Å². The highest BCUT2D eigenvalue weighted by atomic mass is 16.2. The van der Waals surface area contributed by atoms with Crippen molar-refractivity contribution in [2.45, 2.75) is 19.4 Å². The Morgan fingerprint density at radius 2 is 2.00 bits per heavy atom. The molecule has 5 nitrogen and oxygen atoms in total. The van der Waals surface area contributed by atoms with Crippen molar-refractivity contribution in [1.82, 2.24) is 20.4 Å². The van der Waals surface area contributed by atoms with E-state index < -0.39 is 6.04 Å². The predicted octanol–water partition coefficient (Wildman–Crippen LogP) is 1.59. The second-order valence-electron chi connectivity index (χ2n) is 4.84. The van der Waals surface area contributed by atoms with Gasteiger partial charge in [0.15, 0.2) is 6.04 Å². The van der Waals surface area contributed by atoms with Gasteiger partial charge in [-0.2, -0.15) is 5.10 Å². The van der Waals surface area contributed by atoms with Gasteiger partial charge in [0.2, 0.25) is 5.91 Å². The van der Waals surface area contributed by atoms with Crippen molar-refractivity contribution in [3.8, 4) is 0 Å². The third-order valence-electron chi connectivity index (χ3n) is 3.18. The third kappa shape index (κ3) is 4.43. The maximum atomic E-state index is 12.5. The lowest BCUT2D eigenvalue weighted by Gasteiger charge is -2.18. The summed E-state index contributed by atoms with van der Waals surface area (Å²) in [5.74, 6) is -0.0387. The fourth-order valence-electron chi connectivity index (χ4n) is 2.17. The van der Waals surface area contributed by atoms with Crippen LogP contribution in [-0.2, 0) is 4.79 Å². The number of carbonyl (C=O) groups excluding carboxylic acids is 1. The SMILES string of the molecule is CCCNCCNC(=O)C(c1ccccc1)n1cccn1. The monoisotopic (exact) mass is 286 g/mol. The zero-order valence-electron chi connectivity index (χ0n) is 12.3. The van der Waals surface area contributed by atoms with E-state index in [0.29, 0.717) is 6.54 Å². The molecule has 0 aliphatic carbocycles. The molecule has 21 heavy (non-hydrogen) atoms. The van der Waals surface area contributed by atoms with Crippen LogP contribution in [0.3, 0.4) is 0 Å². The Labute approximate surface area is 125 Å². The van der Waals surface area contributed by atoms with Gasteiger partial charge >= 0.3 is 0 Å². The molecular weight excluding hydrogens is 264 g/mol. The molecule has 0 aliphatic heterocycles. The molecule has 2 N–H and O–H groups in total. The highest BCUT2D eigenvalue weighted by molar-refractivity contribution is 5.83. The molecule has 2 aromatic rings. The third-order valence-corrected chi connectivity index (χ3v) is 3.18. The molecule has 1 unspecified atom stereocenters. The van der Waals surface area contributed by atoms with Crippen LogP contribution in [-0.4, -0.2) is 35.3 Å². The average Bonchev–Trinajstić information content (AvgIpc) is 3.02. The van der Waals surface area contributed by atoms with E-state index in [1.807, 2.05) is 42.6 Å². The van der Waals surface area contributed by atoms with Gasteiger partial charge < -0.3 is 10.6 Å².